The molecule has 28 heavy (non-hydrogen) atoms. The summed E-state index contributed by atoms with van der Waals surface area (Å²) >= 11 is 0. The summed E-state index contributed by atoms with van der Waals surface area (Å²) in [6, 6.07) is 5.08. The molecule has 3 heterocycles. The summed E-state index contributed by atoms with van der Waals surface area (Å²) in [5, 5.41) is 4.23. The summed E-state index contributed by atoms with van der Waals surface area (Å²) in [7, 11) is 1.49. The Balaban J connectivity index is 1.97. The molecule has 0 saturated carbocycles. The number of carbonyl (C=O) groups excluding carboxylic acids is 1. The van der Waals surface area contributed by atoms with Gasteiger partial charge < -0.3 is 4.74 Å². The molecule has 0 unspecified atom stereocenters. The standard InChI is InChI=1S/C18H18F3N5O2/c1-12(27)25(9-4-7-18(19,20)21)15-6-10-26-16(24-15)14(11-23-26)13-5-3-8-22-17(13)28-2/h3,5-6,8,10-11H,4,7,9H2,1-2H3. The fourth-order valence-corrected chi connectivity index (χ4v) is 2.83. The van der Waals surface area contributed by atoms with E-state index >= 15 is 0 Å². The van der Waals surface area contributed by atoms with E-state index in [1.165, 1.54) is 23.4 Å². The van der Waals surface area contributed by atoms with Crippen molar-refractivity contribution in [2.24, 2.45) is 0 Å². The van der Waals surface area contributed by atoms with Gasteiger partial charge in [-0.3, -0.25) is 9.69 Å². The average molecular weight is 393 g/mol. The molecule has 0 aliphatic carbocycles. The lowest BCUT2D eigenvalue weighted by Gasteiger charge is -2.20. The van der Waals surface area contributed by atoms with E-state index in [4.69, 9.17) is 4.74 Å². The minimum Gasteiger partial charge on any atom is -0.481 e. The molecule has 0 fully saturated rings. The molecule has 3 aromatic rings. The monoisotopic (exact) mass is 393 g/mol. The molecule has 10 heteroatoms. The van der Waals surface area contributed by atoms with Crippen molar-refractivity contribution in [3.8, 4) is 17.0 Å². The number of ether oxygens (including phenoxy) is 1. The lowest BCUT2D eigenvalue weighted by Crippen LogP contribution is -2.31. The van der Waals surface area contributed by atoms with Gasteiger partial charge in [-0.15, -0.1) is 0 Å². The highest BCUT2D eigenvalue weighted by Crippen LogP contribution is 2.31. The normalized spacial score (nSPS) is 11.6. The van der Waals surface area contributed by atoms with Crippen LogP contribution >= 0.6 is 0 Å². The Labute approximate surface area is 158 Å². The molecule has 0 spiro atoms. The highest BCUT2D eigenvalue weighted by atomic mass is 19.4. The number of hydrogen-bond acceptors (Lipinski definition) is 5. The fourth-order valence-electron chi connectivity index (χ4n) is 2.83. The van der Waals surface area contributed by atoms with Gasteiger partial charge in [0.1, 0.15) is 5.82 Å². The topological polar surface area (TPSA) is 72.6 Å². The number of fused-ring (bicyclic) bond motifs is 1. The molecule has 0 saturated heterocycles. The predicted molar refractivity (Wildman–Crippen MR) is 96.1 cm³/mol. The van der Waals surface area contributed by atoms with E-state index in [2.05, 4.69) is 15.1 Å². The lowest BCUT2D eigenvalue weighted by atomic mass is 10.1. The van der Waals surface area contributed by atoms with Crippen molar-refractivity contribution >= 4 is 17.4 Å². The number of nitrogens with zero attached hydrogens (tertiary/aromatic N) is 5. The molecule has 0 radical (unpaired) electrons. The summed E-state index contributed by atoms with van der Waals surface area (Å²) in [5.41, 5.74) is 1.73. The number of anilines is 1. The van der Waals surface area contributed by atoms with Crippen LogP contribution in [0.2, 0.25) is 0 Å². The van der Waals surface area contributed by atoms with Gasteiger partial charge in [0.2, 0.25) is 11.8 Å². The number of halogens is 3. The molecule has 148 valence electrons. The van der Waals surface area contributed by atoms with Crippen molar-refractivity contribution in [2.75, 3.05) is 18.6 Å². The second kappa shape index (κ2) is 7.83. The number of alkyl halides is 3. The van der Waals surface area contributed by atoms with Gasteiger partial charge in [0, 0.05) is 37.8 Å². The zero-order chi connectivity index (χ0) is 20.3. The van der Waals surface area contributed by atoms with Crippen molar-refractivity contribution in [1.29, 1.82) is 0 Å². The van der Waals surface area contributed by atoms with Crippen LogP contribution < -0.4 is 9.64 Å². The maximum Gasteiger partial charge on any atom is 0.389 e. The van der Waals surface area contributed by atoms with Crippen LogP contribution in [0, 0.1) is 0 Å². The van der Waals surface area contributed by atoms with Gasteiger partial charge in [0.25, 0.3) is 0 Å². The Morgan fingerprint density at radius 1 is 1.29 bits per heavy atom. The molecule has 0 aliphatic rings. The molecule has 0 aromatic carbocycles. The van der Waals surface area contributed by atoms with Crippen molar-refractivity contribution in [3.63, 3.8) is 0 Å². The number of amides is 1. The van der Waals surface area contributed by atoms with Crippen molar-refractivity contribution < 1.29 is 22.7 Å². The first-order valence-corrected chi connectivity index (χ1v) is 8.49. The van der Waals surface area contributed by atoms with Crippen LogP contribution in [-0.2, 0) is 4.79 Å². The molecule has 0 N–H and O–H groups in total. The third-order valence-electron chi connectivity index (χ3n) is 4.11. The Morgan fingerprint density at radius 3 is 2.75 bits per heavy atom. The predicted octanol–water partition coefficient (Wildman–Crippen LogP) is 3.50. The molecular weight excluding hydrogens is 375 g/mol. The maximum atomic E-state index is 12.4. The summed E-state index contributed by atoms with van der Waals surface area (Å²) in [6.45, 7) is 1.21. The van der Waals surface area contributed by atoms with Gasteiger partial charge in [0.05, 0.1) is 18.9 Å². The van der Waals surface area contributed by atoms with Gasteiger partial charge in [0.15, 0.2) is 5.65 Å². The van der Waals surface area contributed by atoms with Crippen molar-refractivity contribution in [3.05, 3.63) is 36.8 Å². The van der Waals surface area contributed by atoms with E-state index < -0.39 is 12.6 Å². The van der Waals surface area contributed by atoms with Crippen LogP contribution in [0.5, 0.6) is 5.88 Å². The van der Waals surface area contributed by atoms with Crippen LogP contribution in [0.15, 0.2) is 36.8 Å². The summed E-state index contributed by atoms with van der Waals surface area (Å²) in [5.74, 6) is 0.254. The minimum atomic E-state index is -4.27. The van der Waals surface area contributed by atoms with E-state index in [1.807, 2.05) is 0 Å². The van der Waals surface area contributed by atoms with Gasteiger partial charge >= 0.3 is 6.18 Å². The zero-order valence-electron chi connectivity index (χ0n) is 15.3. The van der Waals surface area contributed by atoms with Crippen LogP contribution in [0.25, 0.3) is 16.8 Å². The quantitative estimate of drug-likeness (QED) is 0.641. The van der Waals surface area contributed by atoms with Crippen LogP contribution in [-0.4, -0.2) is 45.3 Å². The Bertz CT molecular complexity index is 987. The molecule has 0 aliphatic heterocycles. The Kier molecular flexibility index (Phi) is 5.48. The average Bonchev–Trinajstić information content (AvgIpc) is 3.07. The van der Waals surface area contributed by atoms with Gasteiger partial charge in [-0.2, -0.15) is 18.3 Å². The molecule has 3 rings (SSSR count). The first-order valence-electron chi connectivity index (χ1n) is 8.49. The highest BCUT2D eigenvalue weighted by molar-refractivity contribution is 5.91. The first kappa shape index (κ1) is 19.6. The third kappa shape index (κ3) is 4.21. The van der Waals surface area contributed by atoms with Gasteiger partial charge in [-0.25, -0.2) is 14.5 Å². The number of pyridine rings is 1. The summed E-state index contributed by atoms with van der Waals surface area (Å²) in [6.07, 6.45) is -0.667. The fraction of sp³-hybridized carbons (Fsp3) is 0.333. The third-order valence-corrected chi connectivity index (χ3v) is 4.11. The van der Waals surface area contributed by atoms with Crippen molar-refractivity contribution in [1.82, 2.24) is 19.6 Å². The molecule has 1 amide bonds. The molecule has 0 bridgehead atoms. The summed E-state index contributed by atoms with van der Waals surface area (Å²) < 4.78 is 44.1. The lowest BCUT2D eigenvalue weighted by molar-refractivity contribution is -0.135. The number of carbonyl (C=O) groups is 1. The minimum absolute atomic E-state index is 0.0856. The van der Waals surface area contributed by atoms with Gasteiger partial charge in [-0.05, 0) is 24.6 Å². The first-order chi connectivity index (χ1) is 13.3. The van der Waals surface area contributed by atoms with Crippen LogP contribution in [0.4, 0.5) is 19.0 Å². The highest BCUT2D eigenvalue weighted by Gasteiger charge is 2.27. The second-order valence-corrected chi connectivity index (χ2v) is 6.06. The summed E-state index contributed by atoms with van der Waals surface area (Å²) in [4.78, 5) is 21.8. The number of methoxy groups -OCH3 is 1. The maximum absolute atomic E-state index is 12.4. The van der Waals surface area contributed by atoms with E-state index in [0.717, 1.165) is 0 Å². The van der Waals surface area contributed by atoms with E-state index in [1.54, 1.807) is 36.8 Å². The van der Waals surface area contributed by atoms with Crippen LogP contribution in [0.1, 0.15) is 19.8 Å². The molecular formula is C18H18F3N5O2. The SMILES string of the molecule is COc1ncccc1-c1cnn2ccc(N(CCCC(F)(F)F)C(C)=O)nc12. The number of aromatic nitrogens is 4. The van der Waals surface area contributed by atoms with Gasteiger partial charge in [-0.1, -0.05) is 0 Å². The molecule has 7 nitrogen and oxygen atoms in total. The molecule has 0 atom stereocenters. The smallest absolute Gasteiger partial charge is 0.389 e. The largest absolute Gasteiger partial charge is 0.481 e. The van der Waals surface area contributed by atoms with Crippen molar-refractivity contribution in [2.45, 2.75) is 25.9 Å². The second-order valence-electron chi connectivity index (χ2n) is 6.06. The van der Waals surface area contributed by atoms with E-state index in [-0.39, 0.29) is 24.7 Å². The zero-order valence-corrected chi connectivity index (χ0v) is 15.3. The number of hydrogen-bond donors (Lipinski definition) is 0. The number of rotatable bonds is 6. The van der Waals surface area contributed by atoms with E-state index in [9.17, 15) is 18.0 Å². The Morgan fingerprint density at radius 2 is 2.07 bits per heavy atom. The Hall–Kier alpha value is -3.17. The van der Waals surface area contributed by atoms with Crippen LogP contribution in [0.3, 0.4) is 0 Å². The van der Waals surface area contributed by atoms with E-state index in [0.29, 0.717) is 22.7 Å². The molecule has 3 aromatic heterocycles.